The van der Waals surface area contributed by atoms with Crippen molar-refractivity contribution in [2.45, 2.75) is 51.2 Å². The van der Waals surface area contributed by atoms with Crippen LogP contribution in [0, 0.1) is 0 Å². The van der Waals surface area contributed by atoms with Gasteiger partial charge in [-0.25, -0.2) is 0 Å². The Morgan fingerprint density at radius 3 is 2.53 bits per heavy atom. The fraction of sp³-hybridized carbons (Fsp3) is 1.00. The summed E-state index contributed by atoms with van der Waals surface area (Å²) in [5.41, 5.74) is -0.218. The minimum atomic E-state index is -0.218. The molecule has 17 heavy (non-hydrogen) atoms. The lowest BCUT2D eigenvalue weighted by molar-refractivity contribution is 0.0864. The number of hydrogen-bond acceptors (Lipinski definition) is 4. The van der Waals surface area contributed by atoms with Crippen molar-refractivity contribution >= 4 is 0 Å². The molecule has 1 atom stereocenters. The molecule has 1 saturated carbocycles. The highest BCUT2D eigenvalue weighted by atomic mass is 16.5. The smallest absolute Gasteiger partial charge is 0.0623 e. The van der Waals surface area contributed by atoms with E-state index in [4.69, 9.17) is 4.74 Å². The second-order valence-corrected chi connectivity index (χ2v) is 5.71. The summed E-state index contributed by atoms with van der Waals surface area (Å²) in [4.78, 5) is 2.44. The standard InChI is InChI=1S/C13H28N2O2/c1-11(2)14-13(3,10-16)9-15(7-8-17-4)12-5-6-12/h11-12,14,16H,5-10H2,1-4H3. The summed E-state index contributed by atoms with van der Waals surface area (Å²) >= 11 is 0. The van der Waals surface area contributed by atoms with Crippen LogP contribution in [0.15, 0.2) is 0 Å². The van der Waals surface area contributed by atoms with Crippen LogP contribution in [0.3, 0.4) is 0 Å². The number of methoxy groups -OCH3 is 1. The summed E-state index contributed by atoms with van der Waals surface area (Å²) in [7, 11) is 1.74. The highest BCUT2D eigenvalue weighted by Crippen LogP contribution is 2.28. The zero-order chi connectivity index (χ0) is 12.9. The van der Waals surface area contributed by atoms with Crippen LogP contribution in [0.25, 0.3) is 0 Å². The van der Waals surface area contributed by atoms with Crippen LogP contribution >= 0.6 is 0 Å². The Balaban J connectivity index is 2.49. The number of aliphatic hydroxyl groups excluding tert-OH is 1. The molecule has 0 amide bonds. The zero-order valence-corrected chi connectivity index (χ0v) is 11.7. The average molecular weight is 244 g/mol. The van der Waals surface area contributed by atoms with E-state index in [2.05, 4.69) is 31.0 Å². The lowest BCUT2D eigenvalue weighted by Crippen LogP contribution is -2.57. The van der Waals surface area contributed by atoms with Gasteiger partial charge in [-0.3, -0.25) is 4.90 Å². The molecule has 1 aliphatic carbocycles. The van der Waals surface area contributed by atoms with Gasteiger partial charge in [0, 0.05) is 32.3 Å². The van der Waals surface area contributed by atoms with E-state index >= 15 is 0 Å². The second-order valence-electron chi connectivity index (χ2n) is 5.71. The van der Waals surface area contributed by atoms with Crippen molar-refractivity contribution in [1.29, 1.82) is 0 Å². The summed E-state index contributed by atoms with van der Waals surface area (Å²) in [5, 5.41) is 13.1. The van der Waals surface area contributed by atoms with Gasteiger partial charge in [-0.2, -0.15) is 0 Å². The van der Waals surface area contributed by atoms with Crippen molar-refractivity contribution in [2.75, 3.05) is 33.4 Å². The fourth-order valence-electron chi connectivity index (χ4n) is 2.33. The SMILES string of the molecule is COCCN(CC(C)(CO)NC(C)C)C1CC1. The monoisotopic (exact) mass is 244 g/mol. The maximum Gasteiger partial charge on any atom is 0.0623 e. The third-order valence-electron chi connectivity index (χ3n) is 3.18. The van der Waals surface area contributed by atoms with Gasteiger partial charge in [-0.1, -0.05) is 13.8 Å². The normalized spacial score (nSPS) is 19.9. The van der Waals surface area contributed by atoms with Crippen LogP contribution in [0.4, 0.5) is 0 Å². The first kappa shape index (κ1) is 14.9. The highest BCUT2D eigenvalue weighted by Gasteiger charge is 2.34. The Morgan fingerprint density at radius 1 is 1.47 bits per heavy atom. The van der Waals surface area contributed by atoms with Gasteiger partial charge in [-0.05, 0) is 19.8 Å². The molecule has 0 aliphatic heterocycles. The van der Waals surface area contributed by atoms with E-state index in [1.54, 1.807) is 7.11 Å². The number of rotatable bonds is 9. The highest BCUT2D eigenvalue weighted by molar-refractivity contribution is 4.93. The van der Waals surface area contributed by atoms with Gasteiger partial charge in [-0.15, -0.1) is 0 Å². The molecule has 1 unspecified atom stereocenters. The third-order valence-corrected chi connectivity index (χ3v) is 3.18. The Hall–Kier alpha value is -0.160. The Morgan fingerprint density at radius 2 is 2.12 bits per heavy atom. The molecule has 0 heterocycles. The van der Waals surface area contributed by atoms with Gasteiger partial charge in [0.15, 0.2) is 0 Å². The van der Waals surface area contributed by atoms with E-state index < -0.39 is 0 Å². The predicted octanol–water partition coefficient (Wildman–Crippen LogP) is 0.846. The zero-order valence-electron chi connectivity index (χ0n) is 11.7. The lowest BCUT2D eigenvalue weighted by Gasteiger charge is -2.36. The Bertz CT molecular complexity index is 219. The molecular formula is C13H28N2O2. The molecule has 1 aliphatic rings. The molecule has 0 aromatic heterocycles. The van der Waals surface area contributed by atoms with Crippen molar-refractivity contribution in [2.24, 2.45) is 0 Å². The van der Waals surface area contributed by atoms with E-state index in [0.717, 1.165) is 19.7 Å². The van der Waals surface area contributed by atoms with E-state index in [9.17, 15) is 5.11 Å². The first-order chi connectivity index (χ1) is 8.00. The van der Waals surface area contributed by atoms with E-state index in [1.807, 2.05) is 0 Å². The van der Waals surface area contributed by atoms with Crippen LogP contribution in [0.5, 0.6) is 0 Å². The van der Waals surface area contributed by atoms with Gasteiger partial charge >= 0.3 is 0 Å². The largest absolute Gasteiger partial charge is 0.394 e. The minimum Gasteiger partial charge on any atom is -0.394 e. The van der Waals surface area contributed by atoms with Crippen LogP contribution < -0.4 is 5.32 Å². The molecule has 0 radical (unpaired) electrons. The molecule has 0 aromatic rings. The fourth-order valence-corrected chi connectivity index (χ4v) is 2.33. The van der Waals surface area contributed by atoms with Crippen LogP contribution in [0.1, 0.15) is 33.6 Å². The summed E-state index contributed by atoms with van der Waals surface area (Å²) in [6.45, 7) is 9.09. The lowest BCUT2D eigenvalue weighted by atomic mass is 10.0. The Labute approximate surface area is 105 Å². The van der Waals surface area contributed by atoms with Crippen molar-refractivity contribution < 1.29 is 9.84 Å². The maximum atomic E-state index is 9.59. The average Bonchev–Trinajstić information content (AvgIpc) is 3.07. The molecule has 1 rings (SSSR count). The van der Waals surface area contributed by atoms with E-state index in [-0.39, 0.29) is 12.1 Å². The molecule has 0 aromatic carbocycles. The van der Waals surface area contributed by atoms with Gasteiger partial charge < -0.3 is 15.2 Å². The molecule has 1 fully saturated rings. The summed E-state index contributed by atoms with van der Waals surface area (Å²) < 4.78 is 5.15. The first-order valence-electron chi connectivity index (χ1n) is 6.62. The molecule has 0 saturated heterocycles. The second kappa shape index (κ2) is 6.69. The molecule has 4 nitrogen and oxygen atoms in total. The van der Waals surface area contributed by atoms with Crippen LogP contribution in [-0.4, -0.2) is 61.0 Å². The van der Waals surface area contributed by atoms with Gasteiger partial charge in [0.05, 0.1) is 18.8 Å². The van der Waals surface area contributed by atoms with Crippen LogP contribution in [-0.2, 0) is 4.74 Å². The molecule has 4 heteroatoms. The molecule has 0 spiro atoms. The molecular weight excluding hydrogens is 216 g/mol. The number of nitrogens with one attached hydrogen (secondary N) is 1. The first-order valence-corrected chi connectivity index (χ1v) is 6.62. The number of ether oxygens (including phenoxy) is 1. The topological polar surface area (TPSA) is 44.7 Å². The van der Waals surface area contributed by atoms with E-state index in [1.165, 1.54) is 12.8 Å². The molecule has 102 valence electrons. The van der Waals surface area contributed by atoms with Crippen molar-refractivity contribution in [3.05, 3.63) is 0 Å². The quantitative estimate of drug-likeness (QED) is 0.631. The number of nitrogens with zero attached hydrogens (tertiary/aromatic N) is 1. The number of hydrogen-bond donors (Lipinski definition) is 2. The Kier molecular flexibility index (Phi) is 5.86. The summed E-state index contributed by atoms with van der Waals surface area (Å²) in [6.07, 6.45) is 2.57. The summed E-state index contributed by atoms with van der Waals surface area (Å²) in [5.74, 6) is 0. The summed E-state index contributed by atoms with van der Waals surface area (Å²) in [6, 6.07) is 1.08. The van der Waals surface area contributed by atoms with Crippen molar-refractivity contribution in [3.63, 3.8) is 0 Å². The predicted molar refractivity (Wildman–Crippen MR) is 70.2 cm³/mol. The van der Waals surface area contributed by atoms with Crippen LogP contribution in [0.2, 0.25) is 0 Å². The minimum absolute atomic E-state index is 0.168. The van der Waals surface area contributed by atoms with E-state index in [0.29, 0.717) is 12.1 Å². The molecule has 0 bridgehead atoms. The van der Waals surface area contributed by atoms with Crippen molar-refractivity contribution in [3.8, 4) is 0 Å². The van der Waals surface area contributed by atoms with Gasteiger partial charge in [0.1, 0.15) is 0 Å². The third kappa shape index (κ3) is 5.34. The van der Waals surface area contributed by atoms with Crippen molar-refractivity contribution in [1.82, 2.24) is 10.2 Å². The van der Waals surface area contributed by atoms with Gasteiger partial charge in [0.25, 0.3) is 0 Å². The maximum absolute atomic E-state index is 9.59. The molecule has 2 N–H and O–H groups in total. The number of aliphatic hydroxyl groups is 1. The van der Waals surface area contributed by atoms with Gasteiger partial charge in [0.2, 0.25) is 0 Å².